The molecule has 0 saturated heterocycles. The molecule has 6 heteroatoms. The maximum Gasteiger partial charge on any atom is 0.246 e. The molecule has 0 saturated carbocycles. The molecule has 1 aromatic heterocycles. The number of ether oxygens (including phenoxy) is 1. The molecule has 25 heavy (non-hydrogen) atoms. The predicted molar refractivity (Wildman–Crippen MR) is 93.6 cm³/mol. The van der Waals surface area contributed by atoms with Crippen LogP contribution in [0, 0.1) is 0 Å². The molecule has 3 rings (SSSR count). The van der Waals surface area contributed by atoms with Gasteiger partial charge in [-0.25, -0.2) is 0 Å². The van der Waals surface area contributed by atoms with Gasteiger partial charge in [0.25, 0.3) is 0 Å². The highest BCUT2D eigenvalue weighted by Crippen LogP contribution is 2.14. The molecule has 0 spiro atoms. The van der Waals surface area contributed by atoms with E-state index in [0.29, 0.717) is 11.7 Å². The average Bonchev–Trinajstić information content (AvgIpc) is 3.15. The summed E-state index contributed by atoms with van der Waals surface area (Å²) in [6.07, 6.45) is 3.17. The first-order valence-electron chi connectivity index (χ1n) is 7.72. The summed E-state index contributed by atoms with van der Waals surface area (Å²) in [6, 6.07) is 16.9. The Hall–Kier alpha value is -3.41. The normalized spacial score (nSPS) is 10.8. The van der Waals surface area contributed by atoms with E-state index in [0.717, 1.165) is 16.9 Å². The predicted octanol–water partition coefficient (Wildman–Crippen LogP) is 3.07. The van der Waals surface area contributed by atoms with Gasteiger partial charge in [-0.05, 0) is 23.8 Å². The third-order valence-electron chi connectivity index (χ3n) is 3.46. The number of benzene rings is 2. The number of nitrogens with one attached hydrogen (secondary N) is 1. The zero-order chi connectivity index (χ0) is 17.5. The summed E-state index contributed by atoms with van der Waals surface area (Å²) in [5.74, 6) is 1.38. The number of rotatable bonds is 6. The highest BCUT2D eigenvalue weighted by atomic mass is 16.5. The van der Waals surface area contributed by atoms with Crippen LogP contribution in [0.2, 0.25) is 0 Å². The van der Waals surface area contributed by atoms with Crippen molar-refractivity contribution in [2.45, 2.75) is 6.54 Å². The number of hydrogen-bond donors (Lipinski definition) is 1. The van der Waals surface area contributed by atoms with Gasteiger partial charge in [-0.3, -0.25) is 4.79 Å². The Morgan fingerprint density at radius 1 is 1.16 bits per heavy atom. The second-order valence-corrected chi connectivity index (χ2v) is 5.20. The van der Waals surface area contributed by atoms with E-state index < -0.39 is 0 Å². The Balaban J connectivity index is 1.53. The van der Waals surface area contributed by atoms with Gasteiger partial charge in [-0.15, -0.1) is 0 Å². The second-order valence-electron chi connectivity index (χ2n) is 5.20. The van der Waals surface area contributed by atoms with Crippen LogP contribution < -0.4 is 10.1 Å². The fourth-order valence-corrected chi connectivity index (χ4v) is 2.14. The first-order chi connectivity index (χ1) is 12.2. The lowest BCUT2D eigenvalue weighted by Gasteiger charge is -1.99. The molecular formula is C19H17N3O3. The number of aromatic nitrogens is 2. The first kappa shape index (κ1) is 16.4. The van der Waals surface area contributed by atoms with Crippen molar-refractivity contribution in [2.75, 3.05) is 7.11 Å². The summed E-state index contributed by atoms with van der Waals surface area (Å²) in [4.78, 5) is 16.1. The summed E-state index contributed by atoms with van der Waals surface area (Å²) < 4.78 is 10.2. The number of carbonyl (C=O) groups is 1. The van der Waals surface area contributed by atoms with Crippen molar-refractivity contribution in [3.63, 3.8) is 0 Å². The van der Waals surface area contributed by atoms with Crippen molar-refractivity contribution in [1.82, 2.24) is 15.5 Å². The summed E-state index contributed by atoms with van der Waals surface area (Å²) in [5, 5.41) is 6.62. The molecule has 2 aromatic carbocycles. The number of hydrogen-bond acceptors (Lipinski definition) is 5. The first-order valence-corrected chi connectivity index (χ1v) is 7.72. The highest BCUT2D eigenvalue weighted by Gasteiger charge is 2.08. The Morgan fingerprint density at radius 3 is 2.64 bits per heavy atom. The van der Waals surface area contributed by atoms with E-state index in [-0.39, 0.29) is 12.5 Å². The summed E-state index contributed by atoms with van der Waals surface area (Å²) in [5.41, 5.74) is 1.77. The van der Waals surface area contributed by atoms with Gasteiger partial charge in [0.05, 0.1) is 13.7 Å². The van der Waals surface area contributed by atoms with Gasteiger partial charge in [0.15, 0.2) is 0 Å². The van der Waals surface area contributed by atoms with Crippen LogP contribution in [0.5, 0.6) is 5.75 Å². The van der Waals surface area contributed by atoms with Crippen LogP contribution in [0.15, 0.2) is 65.2 Å². The van der Waals surface area contributed by atoms with Crippen molar-refractivity contribution in [3.8, 4) is 17.1 Å². The molecule has 126 valence electrons. The molecule has 0 bridgehead atoms. The van der Waals surface area contributed by atoms with Gasteiger partial charge in [-0.1, -0.05) is 47.6 Å². The van der Waals surface area contributed by atoms with Crippen molar-refractivity contribution in [1.29, 1.82) is 0 Å². The molecule has 3 aromatic rings. The largest absolute Gasteiger partial charge is 0.497 e. The van der Waals surface area contributed by atoms with Crippen LogP contribution in [-0.2, 0) is 11.3 Å². The molecular weight excluding hydrogens is 318 g/mol. The summed E-state index contributed by atoms with van der Waals surface area (Å²) in [6.45, 7) is 0.172. The van der Waals surface area contributed by atoms with E-state index in [2.05, 4.69) is 15.5 Å². The Morgan fingerprint density at radius 2 is 1.92 bits per heavy atom. The quantitative estimate of drug-likeness (QED) is 0.701. The van der Waals surface area contributed by atoms with E-state index in [1.165, 1.54) is 6.08 Å². The van der Waals surface area contributed by atoms with Crippen LogP contribution in [0.3, 0.4) is 0 Å². The number of amides is 1. The molecule has 0 aliphatic carbocycles. The fraction of sp³-hybridized carbons (Fsp3) is 0.105. The van der Waals surface area contributed by atoms with E-state index in [1.807, 2.05) is 54.6 Å². The Kier molecular flexibility index (Phi) is 5.21. The average molecular weight is 335 g/mol. The van der Waals surface area contributed by atoms with Gasteiger partial charge in [0.1, 0.15) is 5.75 Å². The fourth-order valence-electron chi connectivity index (χ4n) is 2.14. The molecule has 1 N–H and O–H groups in total. The van der Waals surface area contributed by atoms with Gasteiger partial charge in [0, 0.05) is 11.6 Å². The number of nitrogens with zero attached hydrogens (tertiary/aromatic N) is 2. The van der Waals surface area contributed by atoms with Crippen LogP contribution in [0.4, 0.5) is 0 Å². The Labute approximate surface area is 145 Å². The van der Waals surface area contributed by atoms with Gasteiger partial charge < -0.3 is 14.6 Å². The van der Waals surface area contributed by atoms with E-state index in [4.69, 9.17) is 9.26 Å². The third-order valence-corrected chi connectivity index (χ3v) is 3.46. The van der Waals surface area contributed by atoms with Crippen LogP contribution in [0.25, 0.3) is 17.5 Å². The lowest BCUT2D eigenvalue weighted by molar-refractivity contribution is -0.116. The topological polar surface area (TPSA) is 77.2 Å². The molecule has 0 aliphatic rings. The van der Waals surface area contributed by atoms with Gasteiger partial charge >= 0.3 is 0 Å². The molecule has 0 aliphatic heterocycles. The molecule has 0 radical (unpaired) electrons. The third kappa shape index (κ3) is 4.54. The highest BCUT2D eigenvalue weighted by molar-refractivity contribution is 5.91. The second kappa shape index (κ2) is 7.92. The van der Waals surface area contributed by atoms with Crippen LogP contribution >= 0.6 is 0 Å². The van der Waals surface area contributed by atoms with Crippen molar-refractivity contribution < 1.29 is 14.1 Å². The molecule has 0 atom stereocenters. The van der Waals surface area contributed by atoms with Crippen molar-refractivity contribution in [2.24, 2.45) is 0 Å². The van der Waals surface area contributed by atoms with E-state index >= 15 is 0 Å². The molecule has 0 fully saturated rings. The van der Waals surface area contributed by atoms with Gasteiger partial charge in [0.2, 0.25) is 17.6 Å². The van der Waals surface area contributed by atoms with E-state index in [1.54, 1.807) is 13.2 Å². The Bertz CT molecular complexity index is 855. The molecule has 1 amide bonds. The minimum atomic E-state index is -0.240. The van der Waals surface area contributed by atoms with Gasteiger partial charge in [-0.2, -0.15) is 4.98 Å². The number of methoxy groups -OCH3 is 1. The lowest BCUT2D eigenvalue weighted by atomic mass is 10.2. The number of carbonyl (C=O) groups excluding carboxylic acids is 1. The SMILES string of the molecule is COc1ccc(/C=C/C(=O)NCc2nc(-c3ccccc3)no2)cc1. The maximum atomic E-state index is 11.9. The molecule has 1 heterocycles. The molecule has 0 unspecified atom stereocenters. The van der Waals surface area contributed by atoms with Crippen LogP contribution in [0.1, 0.15) is 11.5 Å². The zero-order valence-electron chi connectivity index (χ0n) is 13.7. The maximum absolute atomic E-state index is 11.9. The standard InChI is InChI=1S/C19H17N3O3/c1-24-16-10-7-14(8-11-16)9-12-17(23)20-13-18-21-19(22-25-18)15-5-3-2-4-6-15/h2-12H,13H2,1H3,(H,20,23)/b12-9+. The monoisotopic (exact) mass is 335 g/mol. The molecule has 6 nitrogen and oxygen atoms in total. The van der Waals surface area contributed by atoms with Crippen molar-refractivity contribution >= 4 is 12.0 Å². The minimum Gasteiger partial charge on any atom is -0.497 e. The van der Waals surface area contributed by atoms with E-state index in [9.17, 15) is 4.79 Å². The zero-order valence-corrected chi connectivity index (χ0v) is 13.7. The lowest BCUT2D eigenvalue weighted by Crippen LogP contribution is -2.20. The van der Waals surface area contributed by atoms with Crippen molar-refractivity contribution in [3.05, 3.63) is 72.1 Å². The van der Waals surface area contributed by atoms with Crippen LogP contribution in [-0.4, -0.2) is 23.2 Å². The smallest absolute Gasteiger partial charge is 0.246 e. The summed E-state index contributed by atoms with van der Waals surface area (Å²) >= 11 is 0. The summed E-state index contributed by atoms with van der Waals surface area (Å²) in [7, 11) is 1.61. The minimum absolute atomic E-state index is 0.172.